The Kier molecular flexibility index (Phi) is 3.72. The largest absolute Gasteiger partial charge is 0.370 e. The molecule has 20 heavy (non-hydrogen) atoms. The summed E-state index contributed by atoms with van der Waals surface area (Å²) >= 11 is 1.55. The highest BCUT2D eigenvalue weighted by Gasteiger charge is 2.19. The predicted octanol–water partition coefficient (Wildman–Crippen LogP) is 1.24. The normalized spacial score (nSPS) is 14.2. The number of nitrogens with zero attached hydrogens (tertiary/aromatic N) is 6. The third-order valence-electron chi connectivity index (χ3n) is 3.20. The van der Waals surface area contributed by atoms with Crippen LogP contribution in [0.4, 0.5) is 11.6 Å². The molecule has 106 valence electrons. The van der Waals surface area contributed by atoms with Gasteiger partial charge in [-0.25, -0.2) is 9.97 Å². The minimum atomic E-state index is 0.733. The van der Waals surface area contributed by atoms with Crippen LogP contribution in [0.5, 0.6) is 0 Å². The van der Waals surface area contributed by atoms with Gasteiger partial charge >= 0.3 is 0 Å². The van der Waals surface area contributed by atoms with E-state index in [1.165, 1.54) is 0 Å². The highest BCUT2D eigenvalue weighted by Crippen LogP contribution is 2.23. The zero-order valence-electron chi connectivity index (χ0n) is 11.6. The van der Waals surface area contributed by atoms with Crippen molar-refractivity contribution in [3.05, 3.63) is 18.2 Å². The van der Waals surface area contributed by atoms with E-state index in [0.29, 0.717) is 0 Å². The summed E-state index contributed by atoms with van der Waals surface area (Å²) in [6.45, 7) is 5.43. The van der Waals surface area contributed by atoms with E-state index in [-0.39, 0.29) is 0 Å². The first-order chi connectivity index (χ1) is 9.80. The van der Waals surface area contributed by atoms with E-state index in [4.69, 9.17) is 0 Å². The zero-order chi connectivity index (χ0) is 13.9. The predicted molar refractivity (Wildman–Crippen MR) is 79.0 cm³/mol. The van der Waals surface area contributed by atoms with Gasteiger partial charge in [0.2, 0.25) is 0 Å². The molecule has 0 saturated heterocycles. The van der Waals surface area contributed by atoms with Crippen molar-refractivity contribution in [3.63, 3.8) is 0 Å². The standard InChI is InChI=1S/C12H17N7S/c1-3-13-9-6-10(16-12(15-9)20-2)18-4-5-19-8-14-17-11(19)7-18/h6,8H,3-5,7H2,1-2H3,(H,13,15,16). The van der Waals surface area contributed by atoms with E-state index in [0.717, 1.165) is 48.8 Å². The molecule has 0 aliphatic carbocycles. The third kappa shape index (κ3) is 2.55. The van der Waals surface area contributed by atoms with E-state index in [9.17, 15) is 0 Å². The Morgan fingerprint density at radius 3 is 3.05 bits per heavy atom. The molecule has 3 rings (SSSR count). The molecule has 0 saturated carbocycles. The van der Waals surface area contributed by atoms with Gasteiger partial charge in [-0.2, -0.15) is 0 Å². The summed E-state index contributed by atoms with van der Waals surface area (Å²) in [7, 11) is 0. The Bertz CT molecular complexity index is 597. The van der Waals surface area contributed by atoms with Crippen LogP contribution in [-0.4, -0.2) is 44.1 Å². The maximum absolute atomic E-state index is 4.60. The molecule has 1 aliphatic rings. The number of fused-ring (bicyclic) bond motifs is 1. The molecule has 0 fully saturated rings. The molecule has 7 nitrogen and oxygen atoms in total. The van der Waals surface area contributed by atoms with Gasteiger partial charge in [-0.05, 0) is 13.2 Å². The van der Waals surface area contributed by atoms with E-state index in [2.05, 4.69) is 41.9 Å². The van der Waals surface area contributed by atoms with E-state index in [1.807, 2.05) is 12.3 Å². The number of nitrogens with one attached hydrogen (secondary N) is 1. The van der Waals surface area contributed by atoms with Crippen LogP contribution in [0.2, 0.25) is 0 Å². The Hall–Kier alpha value is -1.83. The summed E-state index contributed by atoms with van der Waals surface area (Å²) in [6, 6.07) is 2.00. The molecule has 2 aromatic heterocycles. The number of hydrogen-bond donors (Lipinski definition) is 1. The van der Waals surface area contributed by atoms with Gasteiger partial charge in [0.05, 0.1) is 6.54 Å². The van der Waals surface area contributed by atoms with Crippen molar-refractivity contribution >= 4 is 23.4 Å². The van der Waals surface area contributed by atoms with Crippen LogP contribution in [0.15, 0.2) is 17.6 Å². The lowest BCUT2D eigenvalue weighted by atomic mass is 10.3. The lowest BCUT2D eigenvalue weighted by molar-refractivity contribution is 0.554. The molecule has 1 aliphatic heterocycles. The Labute approximate surface area is 121 Å². The summed E-state index contributed by atoms with van der Waals surface area (Å²) in [4.78, 5) is 11.3. The SMILES string of the molecule is CCNc1cc(N2CCn3cnnc3C2)nc(SC)n1. The quantitative estimate of drug-likeness (QED) is 0.671. The molecule has 0 radical (unpaired) electrons. The van der Waals surface area contributed by atoms with Crippen LogP contribution < -0.4 is 10.2 Å². The van der Waals surface area contributed by atoms with Gasteiger partial charge in [0.15, 0.2) is 11.0 Å². The molecule has 0 atom stereocenters. The van der Waals surface area contributed by atoms with Gasteiger partial charge in [0.25, 0.3) is 0 Å². The number of hydrogen-bond acceptors (Lipinski definition) is 7. The van der Waals surface area contributed by atoms with Gasteiger partial charge < -0.3 is 14.8 Å². The van der Waals surface area contributed by atoms with Gasteiger partial charge in [0, 0.05) is 25.7 Å². The molecular formula is C12H17N7S. The monoisotopic (exact) mass is 291 g/mol. The fourth-order valence-electron chi connectivity index (χ4n) is 2.20. The molecule has 0 unspecified atom stereocenters. The minimum absolute atomic E-state index is 0.733. The highest BCUT2D eigenvalue weighted by molar-refractivity contribution is 7.98. The number of thioether (sulfide) groups is 1. The molecule has 8 heteroatoms. The first-order valence-electron chi connectivity index (χ1n) is 6.58. The van der Waals surface area contributed by atoms with Crippen molar-refractivity contribution in [2.75, 3.05) is 29.6 Å². The lowest BCUT2D eigenvalue weighted by Crippen LogP contribution is -2.34. The molecule has 0 spiro atoms. The van der Waals surface area contributed by atoms with Crippen molar-refractivity contribution in [2.45, 2.75) is 25.2 Å². The Balaban J connectivity index is 1.88. The molecule has 2 aromatic rings. The van der Waals surface area contributed by atoms with Gasteiger partial charge in [-0.15, -0.1) is 10.2 Å². The smallest absolute Gasteiger partial charge is 0.191 e. The second kappa shape index (κ2) is 5.66. The first kappa shape index (κ1) is 13.2. The molecule has 1 N–H and O–H groups in total. The van der Waals surface area contributed by atoms with Crippen LogP contribution >= 0.6 is 11.8 Å². The van der Waals surface area contributed by atoms with Crippen LogP contribution in [-0.2, 0) is 13.1 Å². The highest BCUT2D eigenvalue weighted by atomic mass is 32.2. The minimum Gasteiger partial charge on any atom is -0.370 e. The maximum atomic E-state index is 4.60. The molecule has 0 bridgehead atoms. The van der Waals surface area contributed by atoms with Gasteiger partial charge in [0.1, 0.15) is 18.0 Å². The third-order valence-corrected chi connectivity index (χ3v) is 3.74. The summed E-state index contributed by atoms with van der Waals surface area (Å²) in [5.74, 6) is 2.79. The van der Waals surface area contributed by atoms with Crippen molar-refractivity contribution in [2.24, 2.45) is 0 Å². The van der Waals surface area contributed by atoms with Gasteiger partial charge in [-0.3, -0.25) is 0 Å². The summed E-state index contributed by atoms with van der Waals surface area (Å²) < 4.78 is 2.08. The number of aromatic nitrogens is 5. The summed E-state index contributed by atoms with van der Waals surface area (Å²) in [5, 5.41) is 12.1. The van der Waals surface area contributed by atoms with E-state index < -0.39 is 0 Å². The van der Waals surface area contributed by atoms with E-state index in [1.54, 1.807) is 18.1 Å². The van der Waals surface area contributed by atoms with Gasteiger partial charge in [-0.1, -0.05) is 11.8 Å². The van der Waals surface area contributed by atoms with Crippen molar-refractivity contribution in [1.82, 2.24) is 24.7 Å². The van der Waals surface area contributed by atoms with Crippen LogP contribution in [0.3, 0.4) is 0 Å². The maximum Gasteiger partial charge on any atom is 0.191 e. The van der Waals surface area contributed by atoms with E-state index >= 15 is 0 Å². The van der Waals surface area contributed by atoms with Crippen LogP contribution in [0, 0.1) is 0 Å². The zero-order valence-corrected chi connectivity index (χ0v) is 12.4. The number of anilines is 2. The molecule has 0 amide bonds. The molecule has 0 aromatic carbocycles. The average Bonchev–Trinajstić information content (AvgIpc) is 2.94. The summed E-state index contributed by atoms with van der Waals surface area (Å²) in [6.07, 6.45) is 3.77. The van der Waals surface area contributed by atoms with Crippen molar-refractivity contribution in [3.8, 4) is 0 Å². The first-order valence-corrected chi connectivity index (χ1v) is 7.81. The van der Waals surface area contributed by atoms with Crippen LogP contribution in [0.25, 0.3) is 0 Å². The fraction of sp³-hybridized carbons (Fsp3) is 0.500. The van der Waals surface area contributed by atoms with Crippen molar-refractivity contribution < 1.29 is 0 Å². The fourth-order valence-corrected chi connectivity index (χ4v) is 2.57. The second-order valence-corrected chi connectivity index (χ2v) is 5.26. The second-order valence-electron chi connectivity index (χ2n) is 4.49. The molecule has 3 heterocycles. The van der Waals surface area contributed by atoms with Crippen LogP contribution in [0.1, 0.15) is 12.7 Å². The number of rotatable bonds is 4. The summed E-state index contributed by atoms with van der Waals surface area (Å²) in [5.41, 5.74) is 0. The topological polar surface area (TPSA) is 71.8 Å². The average molecular weight is 291 g/mol. The Morgan fingerprint density at radius 2 is 2.25 bits per heavy atom. The Morgan fingerprint density at radius 1 is 1.35 bits per heavy atom. The molecular weight excluding hydrogens is 274 g/mol. The lowest BCUT2D eigenvalue weighted by Gasteiger charge is -2.28. The van der Waals surface area contributed by atoms with Crippen molar-refractivity contribution in [1.29, 1.82) is 0 Å².